The Hall–Kier alpha value is -0.218. The Morgan fingerprint density at radius 1 is 0.419 bits per heavy atom. The Morgan fingerprint density at radius 3 is 0.860 bits per heavy atom. The molecule has 0 aliphatic rings. The van der Waals surface area contributed by atoms with Crippen molar-refractivity contribution in [1.29, 1.82) is 0 Å². The topological polar surface area (TPSA) is 121 Å². The van der Waals surface area contributed by atoms with Crippen LogP contribution in [-0.4, -0.2) is 34.4 Å². The Morgan fingerprint density at radius 2 is 0.628 bits per heavy atom. The smallest absolute Gasteiger partial charge is 0.550 e. The van der Waals surface area contributed by atoms with Crippen molar-refractivity contribution in [3.8, 4) is 0 Å². The van der Waals surface area contributed by atoms with E-state index in [2.05, 4.69) is 13.8 Å². The van der Waals surface area contributed by atoms with Crippen LogP contribution in [-0.2, 0) is 36.9 Å². The molecule has 0 aromatic carbocycles. The van der Waals surface area contributed by atoms with Crippen LogP contribution in [0.1, 0.15) is 206 Å². The first-order valence-electron chi connectivity index (χ1n) is 18.1. The van der Waals surface area contributed by atoms with Crippen LogP contribution in [0.5, 0.6) is 0 Å². The summed E-state index contributed by atoms with van der Waals surface area (Å²) in [5.41, 5.74) is 0. The van der Waals surface area contributed by atoms with E-state index in [0.717, 1.165) is 103 Å². The molecule has 0 amide bonds. The number of aliphatic hydroxyl groups excluding tert-OH is 2. The number of aliphatic carboxylic acids is 2. The molecule has 0 bridgehead atoms. The van der Waals surface area contributed by atoms with Crippen LogP contribution in [0.2, 0.25) is 0 Å². The largest absolute Gasteiger partial charge is 2.00 e. The standard InChI is InChI=1S/2C18H36O3.Cd/c2*1-2-3-4-5-6-8-11-14-17(19)15-12-9-7-10-13-16-18(20)21;/h2*17,19H,2-16H2,1H3,(H,20,21);/q;;+2/p-2. The summed E-state index contributed by atoms with van der Waals surface area (Å²) >= 11 is 0. The molecule has 43 heavy (non-hydrogen) atoms. The molecule has 0 aliphatic carbocycles. The normalized spacial score (nSPS) is 12.2. The van der Waals surface area contributed by atoms with Gasteiger partial charge in [-0.05, 0) is 51.4 Å². The van der Waals surface area contributed by atoms with Gasteiger partial charge in [-0.15, -0.1) is 0 Å². The van der Waals surface area contributed by atoms with Crippen molar-refractivity contribution in [3.05, 3.63) is 0 Å². The van der Waals surface area contributed by atoms with Gasteiger partial charge in [0, 0.05) is 11.9 Å². The van der Waals surface area contributed by atoms with Gasteiger partial charge in [0.1, 0.15) is 0 Å². The molecule has 6 nitrogen and oxygen atoms in total. The van der Waals surface area contributed by atoms with Crippen LogP contribution in [0.15, 0.2) is 0 Å². The van der Waals surface area contributed by atoms with Crippen LogP contribution in [0, 0.1) is 0 Å². The molecule has 0 aliphatic heterocycles. The second-order valence-corrected chi connectivity index (χ2v) is 12.5. The summed E-state index contributed by atoms with van der Waals surface area (Å²) in [7, 11) is 0. The predicted molar refractivity (Wildman–Crippen MR) is 172 cm³/mol. The van der Waals surface area contributed by atoms with Crippen molar-refractivity contribution in [1.82, 2.24) is 0 Å². The molecule has 2 N–H and O–H groups in total. The summed E-state index contributed by atoms with van der Waals surface area (Å²) in [6.45, 7) is 4.47. The third kappa shape index (κ3) is 46.3. The Balaban J connectivity index is -0.000000727. The van der Waals surface area contributed by atoms with E-state index in [4.69, 9.17) is 0 Å². The van der Waals surface area contributed by atoms with Gasteiger partial charge in [-0.2, -0.15) is 0 Å². The first kappa shape index (κ1) is 47.2. The van der Waals surface area contributed by atoms with Gasteiger partial charge in [0.15, 0.2) is 0 Å². The molecule has 0 fully saturated rings. The number of carbonyl (C=O) groups is 2. The van der Waals surface area contributed by atoms with Gasteiger partial charge in [-0.3, -0.25) is 0 Å². The van der Waals surface area contributed by atoms with E-state index in [1.807, 2.05) is 0 Å². The van der Waals surface area contributed by atoms with Gasteiger partial charge in [-0.1, -0.05) is 155 Å². The number of hydrogen-bond donors (Lipinski definition) is 2. The molecular formula is C36H70CdO6. The van der Waals surface area contributed by atoms with Crippen molar-refractivity contribution in [2.75, 3.05) is 0 Å². The third-order valence-electron chi connectivity index (χ3n) is 8.12. The quantitative estimate of drug-likeness (QED) is 0.0540. The summed E-state index contributed by atoms with van der Waals surface area (Å²) in [4.78, 5) is 20.5. The molecule has 2 unspecified atom stereocenters. The zero-order valence-electron chi connectivity index (χ0n) is 28.6. The van der Waals surface area contributed by atoms with E-state index in [1.54, 1.807) is 0 Å². The molecular weight excluding hydrogens is 641 g/mol. The van der Waals surface area contributed by atoms with Crippen molar-refractivity contribution in [3.63, 3.8) is 0 Å². The zero-order valence-corrected chi connectivity index (χ0v) is 32.6. The van der Waals surface area contributed by atoms with E-state index in [1.165, 1.54) is 77.0 Å². The SMILES string of the molecule is CCCCCCCCCC(O)CCCCCCCC(=O)[O-].CCCCCCCCCC(O)CCCCCCCC(=O)[O-].[Cd+2]. The number of carboxylic acid groups (broad SMARTS) is 2. The number of unbranched alkanes of at least 4 members (excludes halogenated alkanes) is 20. The summed E-state index contributed by atoms with van der Waals surface area (Å²) in [5, 5.41) is 40.2. The summed E-state index contributed by atoms with van der Waals surface area (Å²) < 4.78 is 0. The van der Waals surface area contributed by atoms with Crippen LogP contribution >= 0.6 is 0 Å². The van der Waals surface area contributed by atoms with E-state index in [9.17, 15) is 30.0 Å². The van der Waals surface area contributed by atoms with Crippen LogP contribution in [0.3, 0.4) is 0 Å². The molecule has 0 rings (SSSR count). The van der Waals surface area contributed by atoms with Crippen LogP contribution in [0.4, 0.5) is 0 Å². The molecule has 0 aromatic heterocycles. The van der Waals surface area contributed by atoms with Gasteiger partial charge < -0.3 is 30.0 Å². The first-order valence-corrected chi connectivity index (χ1v) is 18.1. The predicted octanol–water partition coefficient (Wildman–Crippen LogP) is 7.93. The molecule has 0 aromatic rings. The summed E-state index contributed by atoms with van der Waals surface area (Å²) in [6.07, 6.45) is 31.7. The third-order valence-corrected chi connectivity index (χ3v) is 8.12. The number of carbonyl (C=O) groups excluding carboxylic acids is 2. The molecule has 0 saturated heterocycles. The van der Waals surface area contributed by atoms with E-state index in [-0.39, 0.29) is 52.3 Å². The maximum absolute atomic E-state index is 10.2. The van der Waals surface area contributed by atoms with Crippen molar-refractivity contribution < 1.29 is 57.3 Å². The van der Waals surface area contributed by atoms with E-state index < -0.39 is 11.9 Å². The van der Waals surface area contributed by atoms with Crippen molar-refractivity contribution in [2.45, 2.75) is 219 Å². The number of carboxylic acids is 2. The molecule has 0 heterocycles. The number of rotatable bonds is 32. The van der Waals surface area contributed by atoms with Gasteiger partial charge in [0.25, 0.3) is 0 Å². The fourth-order valence-electron chi connectivity index (χ4n) is 5.32. The second-order valence-electron chi connectivity index (χ2n) is 12.5. The first-order chi connectivity index (χ1) is 20.3. The Bertz CT molecular complexity index is 512. The molecule has 0 spiro atoms. The number of hydrogen-bond acceptors (Lipinski definition) is 6. The molecule has 252 valence electrons. The van der Waals surface area contributed by atoms with Gasteiger partial charge in [-0.25, -0.2) is 0 Å². The summed E-state index contributed by atoms with van der Waals surface area (Å²) in [5.74, 6) is -1.89. The average Bonchev–Trinajstić information content (AvgIpc) is 2.95. The molecule has 2 atom stereocenters. The monoisotopic (exact) mass is 712 g/mol. The maximum atomic E-state index is 10.2. The molecule has 7 heteroatoms. The van der Waals surface area contributed by atoms with E-state index >= 15 is 0 Å². The van der Waals surface area contributed by atoms with E-state index in [0.29, 0.717) is 0 Å². The summed E-state index contributed by atoms with van der Waals surface area (Å²) in [6, 6.07) is 0. The van der Waals surface area contributed by atoms with Crippen LogP contribution in [0.25, 0.3) is 0 Å². The zero-order chi connectivity index (χ0) is 31.5. The van der Waals surface area contributed by atoms with Gasteiger partial charge in [0.2, 0.25) is 0 Å². The Kier molecular flexibility index (Phi) is 43.7. The second kappa shape index (κ2) is 39.8. The minimum atomic E-state index is -0.944. The maximum Gasteiger partial charge on any atom is 2.00 e. The average molecular weight is 711 g/mol. The number of aliphatic hydroxyl groups is 2. The minimum absolute atomic E-state index is 0. The fraction of sp³-hybridized carbons (Fsp3) is 0.944. The van der Waals surface area contributed by atoms with Crippen molar-refractivity contribution >= 4 is 11.9 Å². The van der Waals surface area contributed by atoms with Crippen LogP contribution < -0.4 is 10.2 Å². The minimum Gasteiger partial charge on any atom is -0.550 e. The fourth-order valence-corrected chi connectivity index (χ4v) is 5.32. The van der Waals surface area contributed by atoms with Crippen molar-refractivity contribution in [2.24, 2.45) is 0 Å². The Labute approximate surface area is 286 Å². The van der Waals surface area contributed by atoms with Gasteiger partial charge in [0.05, 0.1) is 12.2 Å². The van der Waals surface area contributed by atoms with Gasteiger partial charge >= 0.3 is 27.3 Å². The molecule has 0 radical (unpaired) electrons. The molecule has 0 saturated carbocycles.